The molecule has 1 fully saturated rings. The Bertz CT molecular complexity index is 2840. The van der Waals surface area contributed by atoms with Gasteiger partial charge in [-0.3, -0.25) is 23.9 Å². The molecule has 55 heavy (non-hydrogen) atoms. The van der Waals surface area contributed by atoms with Crippen LogP contribution in [0.25, 0.3) is 44.5 Å². The molecule has 16 nitrogen and oxygen atoms in total. The van der Waals surface area contributed by atoms with Crippen LogP contribution in [0.4, 0.5) is 14.9 Å². The summed E-state index contributed by atoms with van der Waals surface area (Å²) in [5.74, 6) is -0.922. The Balaban J connectivity index is 1.35. The molecular weight excluding hydrogens is 736 g/mol. The van der Waals surface area contributed by atoms with Crippen molar-refractivity contribution in [2.75, 3.05) is 0 Å². The molecule has 4 aromatic heterocycles. The van der Waals surface area contributed by atoms with E-state index in [1.807, 2.05) is 0 Å². The third-order valence-electron chi connectivity index (χ3n) is 9.65. The highest BCUT2D eigenvalue weighted by Crippen LogP contribution is 2.46. The van der Waals surface area contributed by atoms with Crippen molar-refractivity contribution in [2.45, 2.75) is 36.4 Å². The Kier molecular flexibility index (Phi) is 8.57. The van der Waals surface area contributed by atoms with Crippen LogP contribution in [-0.4, -0.2) is 53.4 Å². The molecule has 0 radical (unpaired) electrons. The molecule has 0 unspecified atom stereocenters. The van der Waals surface area contributed by atoms with Gasteiger partial charge >= 0.3 is 11.8 Å². The molecule has 0 amide bonds. The van der Waals surface area contributed by atoms with Crippen LogP contribution in [-0.2, 0) is 35.5 Å². The predicted molar refractivity (Wildman–Crippen MR) is 197 cm³/mol. The zero-order valence-corrected chi connectivity index (χ0v) is 30.0. The largest absolute Gasteiger partial charge is 0.514 e. The van der Waals surface area contributed by atoms with Gasteiger partial charge in [-0.25, -0.2) is 27.0 Å². The maximum absolute atomic E-state index is 16.0. The van der Waals surface area contributed by atoms with Crippen LogP contribution >= 0.6 is 0 Å². The first kappa shape index (κ1) is 35.4. The Morgan fingerprint density at radius 1 is 1.05 bits per heavy atom. The highest BCUT2D eigenvalue weighted by atomic mass is 32.2. The number of carbonyl (C=O) groups is 1. The molecule has 1 saturated carbocycles. The van der Waals surface area contributed by atoms with Gasteiger partial charge in [-0.2, -0.15) is 4.39 Å². The second-order valence-corrected chi connectivity index (χ2v) is 15.0. The molecule has 18 heteroatoms. The van der Waals surface area contributed by atoms with Crippen LogP contribution in [0, 0.1) is 16.1 Å². The number of pyridine rings is 1. The topological polar surface area (TPSA) is 201 Å². The summed E-state index contributed by atoms with van der Waals surface area (Å²) in [5, 5.41) is 15.2. The van der Waals surface area contributed by atoms with E-state index in [1.165, 1.54) is 65.1 Å². The number of nitrogens with two attached hydrogens (primary N) is 1. The molecule has 280 valence electrons. The number of carbonyl (C=O) groups excluding carboxylic acids is 1. The second-order valence-electron chi connectivity index (χ2n) is 13.2. The normalized spacial score (nSPS) is 15.6. The van der Waals surface area contributed by atoms with Crippen molar-refractivity contribution >= 4 is 43.9 Å². The average Bonchev–Trinajstić information content (AvgIpc) is 3.77. The van der Waals surface area contributed by atoms with Crippen LogP contribution in [0.3, 0.4) is 0 Å². The number of nitro benzene ring substituents is 1. The van der Waals surface area contributed by atoms with E-state index >= 15 is 4.39 Å². The summed E-state index contributed by atoms with van der Waals surface area (Å²) in [6.45, 7) is -0.305. The van der Waals surface area contributed by atoms with E-state index < -0.39 is 27.0 Å². The maximum atomic E-state index is 16.0. The quantitative estimate of drug-likeness (QED) is 0.0851. The van der Waals surface area contributed by atoms with Gasteiger partial charge in [0, 0.05) is 50.1 Å². The summed E-state index contributed by atoms with van der Waals surface area (Å²) in [5.41, 5.74) is 7.22. The molecule has 8 rings (SSSR count). The van der Waals surface area contributed by atoms with E-state index in [4.69, 9.17) is 15.2 Å². The molecule has 0 aliphatic heterocycles. The van der Waals surface area contributed by atoms with Gasteiger partial charge in [0.2, 0.25) is 5.95 Å². The fraction of sp³-hybridized carbons (Fsp3) is 0.189. The minimum Gasteiger partial charge on any atom is -0.429 e. The van der Waals surface area contributed by atoms with Gasteiger partial charge in [0.15, 0.2) is 5.65 Å². The molecule has 2 N–H and O–H groups in total. The number of halogens is 1. The number of rotatable bonds is 9. The lowest BCUT2D eigenvalue weighted by atomic mass is 9.87. The first-order valence-corrected chi connectivity index (χ1v) is 18.4. The van der Waals surface area contributed by atoms with Gasteiger partial charge in [-0.05, 0) is 54.3 Å². The number of nitro groups is 1. The van der Waals surface area contributed by atoms with Gasteiger partial charge in [0.1, 0.15) is 12.4 Å². The Hall–Kier alpha value is -6.66. The van der Waals surface area contributed by atoms with Gasteiger partial charge in [-0.15, -0.1) is 5.10 Å². The molecule has 7 aromatic rings. The average molecular weight is 767 g/mol. The molecule has 1 aliphatic carbocycles. The predicted octanol–water partition coefficient (Wildman–Crippen LogP) is 5.42. The number of fused-ring (bicyclic) bond motifs is 3. The number of hydrogen-bond donors (Lipinski definition) is 1. The summed E-state index contributed by atoms with van der Waals surface area (Å²) in [6, 6.07) is 18.8. The van der Waals surface area contributed by atoms with Crippen LogP contribution in [0.1, 0.15) is 24.4 Å². The zero-order valence-electron chi connectivity index (χ0n) is 29.2. The highest BCUT2D eigenvalue weighted by molar-refractivity contribution is 7.90. The second kappa shape index (κ2) is 13.3. The SMILES string of the molecule is Cn1cc(-c2c(-c3cccc(COC(=O)Oc4ccc([N+](=O)[O-])cc4)c3)c3c(ncc4c3n(C3CC(N)C3)c(=O)n4C)n2S(=O)(=O)c2ccccc2)c(F)n1. The van der Waals surface area contributed by atoms with Crippen molar-refractivity contribution < 1.29 is 32.0 Å². The molecule has 0 saturated heterocycles. The number of benzene rings is 3. The number of aryl methyl sites for hydroxylation is 2. The van der Waals surface area contributed by atoms with Crippen molar-refractivity contribution in [3.63, 3.8) is 0 Å². The van der Waals surface area contributed by atoms with Crippen LogP contribution in [0.15, 0.2) is 101 Å². The number of non-ortho nitro benzene ring substituents is 1. The fourth-order valence-corrected chi connectivity index (χ4v) is 8.53. The summed E-state index contributed by atoms with van der Waals surface area (Å²) in [4.78, 5) is 41.5. The van der Waals surface area contributed by atoms with Gasteiger partial charge in [0.05, 0.1) is 43.7 Å². The summed E-state index contributed by atoms with van der Waals surface area (Å²) < 4.78 is 61.3. The van der Waals surface area contributed by atoms with Crippen LogP contribution in [0.2, 0.25) is 0 Å². The van der Waals surface area contributed by atoms with E-state index in [0.717, 1.165) is 3.97 Å². The van der Waals surface area contributed by atoms with Gasteiger partial charge < -0.3 is 15.2 Å². The Morgan fingerprint density at radius 3 is 2.44 bits per heavy atom. The maximum Gasteiger partial charge on any atom is 0.514 e. The Morgan fingerprint density at radius 2 is 1.78 bits per heavy atom. The third-order valence-corrected chi connectivity index (χ3v) is 11.3. The number of hydrogen-bond acceptors (Lipinski definition) is 11. The third kappa shape index (κ3) is 6.00. The molecular formula is C37H31FN8O8S. The summed E-state index contributed by atoms with van der Waals surface area (Å²) in [7, 11) is -1.40. The van der Waals surface area contributed by atoms with Gasteiger partial charge in [0.25, 0.3) is 15.7 Å². The lowest BCUT2D eigenvalue weighted by molar-refractivity contribution is -0.384. The minimum atomic E-state index is -4.50. The lowest BCUT2D eigenvalue weighted by Gasteiger charge is -2.33. The number of imidazole rings is 1. The minimum absolute atomic E-state index is 0.0257. The van der Waals surface area contributed by atoms with Crippen molar-refractivity contribution in [1.29, 1.82) is 0 Å². The van der Waals surface area contributed by atoms with E-state index in [1.54, 1.807) is 54.1 Å². The zero-order chi connectivity index (χ0) is 38.8. The summed E-state index contributed by atoms with van der Waals surface area (Å²) >= 11 is 0. The number of aromatic nitrogens is 6. The molecule has 3 aromatic carbocycles. The number of ether oxygens (including phenoxy) is 2. The monoisotopic (exact) mass is 766 g/mol. The van der Waals surface area contributed by atoms with Crippen molar-refractivity contribution in [1.82, 2.24) is 27.9 Å². The first-order valence-electron chi connectivity index (χ1n) is 16.9. The molecule has 0 bridgehead atoms. The first-order chi connectivity index (χ1) is 26.3. The lowest BCUT2D eigenvalue weighted by Crippen LogP contribution is -2.41. The molecule has 0 atom stereocenters. The fourth-order valence-electron chi connectivity index (χ4n) is 7.02. The van der Waals surface area contributed by atoms with E-state index in [0.29, 0.717) is 35.0 Å². The van der Waals surface area contributed by atoms with Gasteiger partial charge in [-0.1, -0.05) is 36.4 Å². The van der Waals surface area contributed by atoms with Crippen LogP contribution in [0.5, 0.6) is 5.75 Å². The standard InChI is InChI=1S/C37H31FN8O8S/c1-42-19-28(34(38)41-42)32-30(22-8-6-7-21(15-22)20-53-37(48)54-26-13-11-24(12-14-26)46(49)50)31-33-29(43(2)36(47)44(33)25-16-23(39)17-25)18-40-35(31)45(32)55(51,52)27-9-4-3-5-10-27/h3-15,18-19,23,25H,16-17,20,39H2,1-2H3. The van der Waals surface area contributed by atoms with Crippen molar-refractivity contribution in [3.05, 3.63) is 123 Å². The summed E-state index contributed by atoms with van der Waals surface area (Å²) in [6.07, 6.45) is 2.73. The molecule has 0 spiro atoms. The molecule has 4 heterocycles. The van der Waals surface area contributed by atoms with E-state index in [2.05, 4.69) is 10.1 Å². The van der Waals surface area contributed by atoms with E-state index in [9.17, 15) is 28.1 Å². The number of nitrogens with zero attached hydrogens (tertiary/aromatic N) is 7. The van der Waals surface area contributed by atoms with Crippen molar-refractivity contribution in [3.8, 4) is 28.1 Å². The van der Waals surface area contributed by atoms with E-state index in [-0.39, 0.29) is 68.6 Å². The highest BCUT2D eigenvalue weighted by Gasteiger charge is 2.37. The van der Waals surface area contributed by atoms with Crippen LogP contribution < -0.4 is 16.2 Å². The smallest absolute Gasteiger partial charge is 0.429 e. The molecule has 1 aliphatic rings. The van der Waals surface area contributed by atoms with Crippen molar-refractivity contribution in [2.24, 2.45) is 19.8 Å². The Labute approximate surface area is 311 Å².